The molecule has 3 aliphatic carbocycles. The molecule has 0 unspecified atom stereocenters. The standard InChI is InChI=1S/C21H26O5/c1-10(2)11-9-12-13(15(23)14(11)22)21-8-6-7-20(3,4)18(21)17(16(12)25-5)26-19(21)24/h9-10,16-18H,6-8H2,1-5H3/t16-,17+,18-,21-/m0/s1. The molecule has 1 saturated carbocycles. The number of methoxy groups -OCH3 is 1. The van der Waals surface area contributed by atoms with E-state index >= 15 is 0 Å². The molecule has 1 saturated heterocycles. The summed E-state index contributed by atoms with van der Waals surface area (Å²) in [5.74, 6) is -1.58. The first-order valence-electron chi connectivity index (χ1n) is 9.46. The van der Waals surface area contributed by atoms with Crippen LogP contribution in [0.25, 0.3) is 0 Å². The maximum atomic E-state index is 13.2. The van der Waals surface area contributed by atoms with Gasteiger partial charge in [0, 0.05) is 24.2 Å². The Hall–Kier alpha value is -1.75. The Morgan fingerprint density at radius 1 is 1.15 bits per heavy atom. The molecule has 5 nitrogen and oxygen atoms in total. The van der Waals surface area contributed by atoms with Crippen molar-refractivity contribution in [1.29, 1.82) is 0 Å². The molecule has 0 radical (unpaired) electrons. The second-order valence-corrected chi connectivity index (χ2v) is 9.06. The van der Waals surface area contributed by atoms with Crippen molar-refractivity contribution in [1.82, 2.24) is 0 Å². The Labute approximate surface area is 153 Å². The van der Waals surface area contributed by atoms with E-state index < -0.39 is 29.2 Å². The third-order valence-corrected chi connectivity index (χ3v) is 6.92. The zero-order valence-corrected chi connectivity index (χ0v) is 16.0. The minimum Gasteiger partial charge on any atom is -0.458 e. The smallest absolute Gasteiger partial charge is 0.317 e. The van der Waals surface area contributed by atoms with Gasteiger partial charge in [0.15, 0.2) is 0 Å². The van der Waals surface area contributed by atoms with Gasteiger partial charge in [0.2, 0.25) is 11.6 Å². The topological polar surface area (TPSA) is 69.7 Å². The fourth-order valence-corrected chi connectivity index (χ4v) is 5.90. The molecule has 26 heavy (non-hydrogen) atoms. The van der Waals surface area contributed by atoms with Gasteiger partial charge in [0.1, 0.15) is 17.6 Å². The second-order valence-electron chi connectivity index (χ2n) is 9.06. The van der Waals surface area contributed by atoms with Crippen molar-refractivity contribution in [2.45, 2.75) is 59.2 Å². The maximum Gasteiger partial charge on any atom is 0.317 e. The van der Waals surface area contributed by atoms with E-state index in [1.54, 1.807) is 13.2 Å². The van der Waals surface area contributed by atoms with Gasteiger partial charge in [-0.25, -0.2) is 0 Å². The fraction of sp³-hybridized carbons (Fsp3) is 0.667. The second kappa shape index (κ2) is 5.38. The molecule has 4 aliphatic rings. The average molecular weight is 358 g/mol. The summed E-state index contributed by atoms with van der Waals surface area (Å²) in [5, 5.41) is 0. The highest BCUT2D eigenvalue weighted by atomic mass is 16.6. The zero-order valence-electron chi connectivity index (χ0n) is 16.0. The van der Waals surface area contributed by atoms with Crippen LogP contribution in [-0.2, 0) is 23.9 Å². The minimum atomic E-state index is -0.997. The number of Topliss-reactive ketones (excluding diaryl/α,β-unsaturated/α-hetero) is 2. The molecule has 4 rings (SSSR count). The van der Waals surface area contributed by atoms with Crippen LogP contribution in [0.3, 0.4) is 0 Å². The third kappa shape index (κ3) is 1.92. The number of ketones is 2. The van der Waals surface area contributed by atoms with E-state index in [4.69, 9.17) is 9.47 Å². The molecular weight excluding hydrogens is 332 g/mol. The van der Waals surface area contributed by atoms with E-state index in [1.807, 2.05) is 13.8 Å². The highest BCUT2D eigenvalue weighted by molar-refractivity contribution is 6.51. The lowest BCUT2D eigenvalue weighted by molar-refractivity contribution is -0.150. The van der Waals surface area contributed by atoms with Gasteiger partial charge < -0.3 is 9.47 Å². The van der Waals surface area contributed by atoms with Crippen LogP contribution in [0, 0.1) is 22.7 Å². The molecule has 140 valence electrons. The van der Waals surface area contributed by atoms with Crippen LogP contribution in [0.1, 0.15) is 47.0 Å². The van der Waals surface area contributed by atoms with Crippen molar-refractivity contribution < 1.29 is 23.9 Å². The number of hydrogen-bond acceptors (Lipinski definition) is 5. The van der Waals surface area contributed by atoms with E-state index in [9.17, 15) is 14.4 Å². The van der Waals surface area contributed by atoms with Gasteiger partial charge in [-0.2, -0.15) is 0 Å². The lowest BCUT2D eigenvalue weighted by atomic mass is 9.48. The summed E-state index contributed by atoms with van der Waals surface area (Å²) in [7, 11) is 1.58. The summed E-state index contributed by atoms with van der Waals surface area (Å²) < 4.78 is 11.6. The number of hydrogen-bond donors (Lipinski definition) is 0. The van der Waals surface area contributed by atoms with Crippen molar-refractivity contribution in [2.24, 2.45) is 22.7 Å². The van der Waals surface area contributed by atoms with Crippen LogP contribution >= 0.6 is 0 Å². The zero-order chi connectivity index (χ0) is 19.0. The summed E-state index contributed by atoms with van der Waals surface area (Å²) >= 11 is 0. The predicted molar refractivity (Wildman–Crippen MR) is 94.2 cm³/mol. The Kier molecular flexibility index (Phi) is 3.65. The molecule has 0 aromatic rings. The molecule has 0 N–H and O–H groups in total. The first-order chi connectivity index (χ1) is 12.2. The van der Waals surface area contributed by atoms with Gasteiger partial charge in [-0.15, -0.1) is 0 Å². The Morgan fingerprint density at radius 3 is 2.46 bits per heavy atom. The Bertz CT molecular complexity index is 784. The van der Waals surface area contributed by atoms with Gasteiger partial charge in [-0.1, -0.05) is 34.1 Å². The minimum absolute atomic E-state index is 0.0645. The van der Waals surface area contributed by atoms with Crippen LogP contribution in [0.4, 0.5) is 0 Å². The van der Waals surface area contributed by atoms with Crippen molar-refractivity contribution in [3.63, 3.8) is 0 Å². The highest BCUT2D eigenvalue weighted by Crippen LogP contribution is 2.65. The lowest BCUT2D eigenvalue weighted by Gasteiger charge is -2.52. The molecule has 2 bridgehead atoms. The van der Waals surface area contributed by atoms with E-state index in [2.05, 4.69) is 13.8 Å². The van der Waals surface area contributed by atoms with E-state index in [-0.39, 0.29) is 23.2 Å². The van der Waals surface area contributed by atoms with Crippen molar-refractivity contribution in [3.05, 3.63) is 22.8 Å². The molecule has 4 atom stereocenters. The number of ether oxygens (including phenoxy) is 2. The molecule has 2 fully saturated rings. The SMILES string of the molecule is CO[C@H]1C2=C(C(=O)C(=O)C(C(C)C)=C2)[C@@]23CCCC(C)(C)[C@@H]2[C@@H]1OC3=O. The summed E-state index contributed by atoms with van der Waals surface area (Å²) in [6, 6.07) is 0. The number of carbonyl (C=O) groups excluding carboxylic acids is 3. The quantitative estimate of drug-likeness (QED) is 0.431. The predicted octanol–water partition coefficient (Wildman–Crippen LogP) is 2.78. The highest BCUT2D eigenvalue weighted by Gasteiger charge is 2.71. The van der Waals surface area contributed by atoms with Crippen LogP contribution in [0.2, 0.25) is 0 Å². The van der Waals surface area contributed by atoms with Crippen LogP contribution in [0.5, 0.6) is 0 Å². The van der Waals surface area contributed by atoms with Crippen LogP contribution < -0.4 is 0 Å². The van der Waals surface area contributed by atoms with Crippen LogP contribution in [0.15, 0.2) is 22.8 Å². The third-order valence-electron chi connectivity index (χ3n) is 6.92. The summed E-state index contributed by atoms with van der Waals surface area (Å²) in [6.45, 7) is 8.05. The number of carbonyl (C=O) groups is 3. The van der Waals surface area contributed by atoms with Gasteiger partial charge >= 0.3 is 5.97 Å². The molecule has 0 aromatic carbocycles. The molecule has 0 spiro atoms. The molecule has 5 heteroatoms. The number of rotatable bonds is 2. The molecule has 0 aromatic heterocycles. The number of allylic oxidation sites excluding steroid dienone is 1. The van der Waals surface area contributed by atoms with Crippen molar-refractivity contribution in [3.8, 4) is 0 Å². The molecular formula is C21H26O5. The average Bonchev–Trinajstić information content (AvgIpc) is 2.81. The monoisotopic (exact) mass is 358 g/mol. The molecule has 1 aliphatic heterocycles. The van der Waals surface area contributed by atoms with E-state index in [0.29, 0.717) is 23.1 Å². The lowest BCUT2D eigenvalue weighted by Crippen LogP contribution is -2.57. The first kappa shape index (κ1) is 17.7. The summed E-state index contributed by atoms with van der Waals surface area (Å²) in [4.78, 5) is 39.1. The largest absolute Gasteiger partial charge is 0.458 e. The van der Waals surface area contributed by atoms with E-state index in [1.165, 1.54) is 0 Å². The van der Waals surface area contributed by atoms with Gasteiger partial charge in [0.25, 0.3) is 0 Å². The normalized spacial score (nSPS) is 38.2. The van der Waals surface area contributed by atoms with Gasteiger partial charge in [0.05, 0.1) is 0 Å². The Morgan fingerprint density at radius 2 is 1.85 bits per heavy atom. The fourth-order valence-electron chi connectivity index (χ4n) is 5.90. The molecule has 0 amide bonds. The van der Waals surface area contributed by atoms with Crippen LogP contribution in [-0.4, -0.2) is 36.9 Å². The van der Waals surface area contributed by atoms with Crippen molar-refractivity contribution in [2.75, 3.05) is 7.11 Å². The van der Waals surface area contributed by atoms with E-state index in [0.717, 1.165) is 12.8 Å². The summed E-state index contributed by atoms with van der Waals surface area (Å²) in [5.41, 5.74) is 0.367. The first-order valence-corrected chi connectivity index (χ1v) is 9.46. The summed E-state index contributed by atoms with van der Waals surface area (Å²) in [6.07, 6.45) is 3.25. The molecule has 1 heterocycles. The maximum absolute atomic E-state index is 13.2. The Balaban J connectivity index is 2.03. The van der Waals surface area contributed by atoms with Gasteiger partial charge in [-0.05, 0) is 35.8 Å². The van der Waals surface area contributed by atoms with Gasteiger partial charge in [-0.3, -0.25) is 14.4 Å². The number of esters is 1. The van der Waals surface area contributed by atoms with Crippen molar-refractivity contribution >= 4 is 17.5 Å².